The van der Waals surface area contributed by atoms with Gasteiger partial charge in [-0.2, -0.15) is 0 Å². The van der Waals surface area contributed by atoms with Crippen molar-refractivity contribution in [1.82, 2.24) is 10.0 Å². The Bertz CT molecular complexity index is 856. The van der Waals surface area contributed by atoms with Crippen LogP contribution in [0.25, 0.3) is 4.91 Å². The van der Waals surface area contributed by atoms with E-state index in [4.69, 9.17) is 0 Å². The lowest BCUT2D eigenvalue weighted by molar-refractivity contribution is -0.119. The molecule has 147 valence electrons. The first kappa shape index (κ1) is 20.1. The van der Waals surface area contributed by atoms with Crippen molar-refractivity contribution in [3.8, 4) is 0 Å². The van der Waals surface area contributed by atoms with Gasteiger partial charge in [0.25, 0.3) is 0 Å². The fourth-order valence-electron chi connectivity index (χ4n) is 4.17. The largest absolute Gasteiger partial charge is 0.273 e. The molecule has 0 bridgehead atoms. The average molecular weight is 390 g/mol. The van der Waals surface area contributed by atoms with Gasteiger partial charge >= 0.3 is 0 Å². The number of amides is 1. The Morgan fingerprint density at radius 2 is 1.70 bits per heavy atom. The quantitative estimate of drug-likeness (QED) is 0.860. The van der Waals surface area contributed by atoms with Crippen molar-refractivity contribution in [2.45, 2.75) is 70.8 Å². The molecule has 3 rings (SSSR count). The van der Waals surface area contributed by atoms with Gasteiger partial charge in [0, 0.05) is 6.92 Å². The van der Waals surface area contributed by atoms with Gasteiger partial charge in [-0.25, -0.2) is 18.5 Å². The maximum absolute atomic E-state index is 13.1. The summed E-state index contributed by atoms with van der Waals surface area (Å²) in [4.78, 5) is 11.8. The topological polar surface area (TPSA) is 77.3 Å². The van der Waals surface area contributed by atoms with E-state index >= 15 is 0 Å². The zero-order valence-electron chi connectivity index (χ0n) is 16.6. The predicted octanol–water partition coefficient (Wildman–Crippen LogP) is 3.48. The third-order valence-corrected chi connectivity index (χ3v) is 7.31. The number of carbonyl (C=O) groups is 1. The number of rotatable bonds is 3. The highest BCUT2D eigenvalue weighted by Crippen LogP contribution is 2.45. The van der Waals surface area contributed by atoms with Crippen LogP contribution in [0.5, 0.6) is 0 Å². The minimum Gasteiger partial charge on any atom is -0.273 e. The molecule has 5 nitrogen and oxygen atoms in total. The van der Waals surface area contributed by atoms with Gasteiger partial charge in [0.15, 0.2) is 0 Å². The minimum atomic E-state index is -3.64. The van der Waals surface area contributed by atoms with Gasteiger partial charge in [-0.05, 0) is 35.0 Å². The van der Waals surface area contributed by atoms with Crippen molar-refractivity contribution < 1.29 is 13.2 Å². The molecule has 1 aliphatic heterocycles. The molecule has 1 aromatic carbocycles. The predicted molar refractivity (Wildman–Crippen MR) is 108 cm³/mol. The van der Waals surface area contributed by atoms with Crippen LogP contribution < -0.4 is 10.0 Å². The Morgan fingerprint density at radius 1 is 1.11 bits per heavy atom. The number of nitrogens with one attached hydrogen (secondary N) is 1. The van der Waals surface area contributed by atoms with Crippen molar-refractivity contribution in [1.29, 1.82) is 0 Å². The standard InChI is InChI=1S/C21H29N2O3S/c1-15(24)22-14-18-19(16-8-10-17(11-9-16)20(2,3)4)27(25,26)23-21(18)12-6-5-7-13-21/h8-11,23H,5-7,12-14H2,1-4H3. The molecular formula is C21H29N2O3S. The van der Waals surface area contributed by atoms with E-state index in [1.54, 1.807) is 0 Å². The van der Waals surface area contributed by atoms with Gasteiger partial charge in [0.2, 0.25) is 15.9 Å². The van der Waals surface area contributed by atoms with E-state index in [-0.39, 0.29) is 17.9 Å². The van der Waals surface area contributed by atoms with Gasteiger partial charge in [-0.3, -0.25) is 4.79 Å². The number of carbonyl (C=O) groups excluding carboxylic acids is 1. The van der Waals surface area contributed by atoms with Crippen LogP contribution >= 0.6 is 0 Å². The first-order valence-electron chi connectivity index (χ1n) is 9.62. The van der Waals surface area contributed by atoms with Crippen molar-refractivity contribution in [2.24, 2.45) is 0 Å². The normalized spacial score (nSPS) is 21.5. The summed E-state index contributed by atoms with van der Waals surface area (Å²) in [5.74, 6) is -0.278. The molecule has 6 heteroatoms. The Labute approximate surface area is 162 Å². The van der Waals surface area contributed by atoms with Crippen LogP contribution in [-0.2, 0) is 20.2 Å². The number of hydrogen-bond donors (Lipinski definition) is 1. The van der Waals surface area contributed by atoms with Crippen molar-refractivity contribution in [3.63, 3.8) is 0 Å². The number of hydrogen-bond acceptors (Lipinski definition) is 3. The summed E-state index contributed by atoms with van der Waals surface area (Å²) in [6.45, 7) is 7.93. The highest BCUT2D eigenvalue weighted by molar-refractivity contribution is 7.99. The number of sulfonamides is 1. The van der Waals surface area contributed by atoms with Crippen LogP contribution in [0, 0.1) is 0 Å². The number of nitrogens with zero attached hydrogens (tertiary/aromatic N) is 1. The third kappa shape index (κ3) is 3.97. The molecule has 1 aromatic rings. The van der Waals surface area contributed by atoms with E-state index in [2.05, 4.69) is 30.8 Å². The highest BCUT2D eigenvalue weighted by Gasteiger charge is 2.49. The Hall–Kier alpha value is -1.66. The first-order chi connectivity index (χ1) is 12.6. The minimum absolute atomic E-state index is 0.00288. The van der Waals surface area contributed by atoms with Crippen molar-refractivity contribution >= 4 is 20.8 Å². The molecule has 1 spiro atoms. The molecule has 1 amide bonds. The lowest BCUT2D eigenvalue weighted by Crippen LogP contribution is -2.47. The molecular weight excluding hydrogens is 360 g/mol. The summed E-state index contributed by atoms with van der Waals surface area (Å²) in [6.07, 6.45) is 4.58. The van der Waals surface area contributed by atoms with Crippen LogP contribution in [-0.4, -0.2) is 26.4 Å². The lowest BCUT2D eigenvalue weighted by atomic mass is 9.76. The van der Waals surface area contributed by atoms with Crippen LogP contribution in [0.2, 0.25) is 0 Å². The summed E-state index contributed by atoms with van der Waals surface area (Å²) >= 11 is 0. The van der Waals surface area contributed by atoms with Gasteiger partial charge < -0.3 is 0 Å². The summed E-state index contributed by atoms with van der Waals surface area (Å²) < 4.78 is 29.1. The molecule has 27 heavy (non-hydrogen) atoms. The average Bonchev–Trinajstić information content (AvgIpc) is 2.78. The maximum atomic E-state index is 13.1. The molecule has 1 N–H and O–H groups in total. The third-order valence-electron chi connectivity index (χ3n) is 5.63. The molecule has 2 aliphatic rings. The molecule has 0 saturated heterocycles. The molecule has 1 aliphatic carbocycles. The van der Waals surface area contributed by atoms with E-state index in [1.165, 1.54) is 6.92 Å². The summed E-state index contributed by atoms with van der Waals surface area (Å²) in [5, 5.41) is 4.05. The molecule has 0 aromatic heterocycles. The monoisotopic (exact) mass is 389 g/mol. The second-order valence-electron chi connectivity index (χ2n) is 8.72. The van der Waals surface area contributed by atoms with Crippen LogP contribution in [0.3, 0.4) is 0 Å². The Morgan fingerprint density at radius 3 is 2.22 bits per heavy atom. The van der Waals surface area contributed by atoms with E-state index in [0.29, 0.717) is 10.5 Å². The summed E-state index contributed by atoms with van der Waals surface area (Å²) in [6, 6.07) is 7.74. The maximum Gasteiger partial charge on any atom is 0.242 e. The van der Waals surface area contributed by atoms with Gasteiger partial charge in [0.1, 0.15) is 0 Å². The van der Waals surface area contributed by atoms with Gasteiger partial charge in [0.05, 0.1) is 17.0 Å². The van der Waals surface area contributed by atoms with Crippen molar-refractivity contribution in [3.05, 3.63) is 41.0 Å². The lowest BCUT2D eigenvalue weighted by Gasteiger charge is -2.35. The Balaban J connectivity index is 2.12. The van der Waals surface area contributed by atoms with Gasteiger partial charge in [-0.15, -0.1) is 0 Å². The molecule has 1 heterocycles. The second kappa shape index (κ2) is 7.06. The molecule has 0 atom stereocenters. The van der Waals surface area contributed by atoms with Gasteiger partial charge in [-0.1, -0.05) is 64.3 Å². The summed E-state index contributed by atoms with van der Waals surface area (Å²) in [5.41, 5.74) is 1.98. The Kier molecular flexibility index (Phi) is 5.25. The smallest absolute Gasteiger partial charge is 0.242 e. The van der Waals surface area contributed by atoms with Crippen molar-refractivity contribution in [2.75, 3.05) is 6.54 Å². The first-order valence-corrected chi connectivity index (χ1v) is 11.1. The zero-order chi connectivity index (χ0) is 19.9. The molecule has 1 fully saturated rings. The van der Waals surface area contributed by atoms with E-state index in [9.17, 15) is 13.2 Å². The van der Waals surface area contributed by atoms with E-state index in [1.807, 2.05) is 24.3 Å². The summed E-state index contributed by atoms with van der Waals surface area (Å²) in [7, 11) is -3.64. The van der Waals surface area contributed by atoms with Crippen LogP contribution in [0.1, 0.15) is 70.9 Å². The van der Waals surface area contributed by atoms with E-state index < -0.39 is 15.6 Å². The molecule has 1 radical (unpaired) electrons. The molecule has 0 unspecified atom stereocenters. The van der Waals surface area contributed by atoms with Crippen LogP contribution in [0.4, 0.5) is 0 Å². The number of benzene rings is 1. The zero-order valence-corrected chi connectivity index (χ0v) is 17.4. The van der Waals surface area contributed by atoms with E-state index in [0.717, 1.165) is 43.2 Å². The second-order valence-corrected chi connectivity index (χ2v) is 10.3. The van der Waals surface area contributed by atoms with Crippen LogP contribution in [0.15, 0.2) is 29.8 Å². The highest BCUT2D eigenvalue weighted by atomic mass is 32.2. The molecule has 1 saturated carbocycles. The fraction of sp³-hybridized carbons (Fsp3) is 0.571. The SMILES string of the molecule is CC(=O)[N]CC1=C(c2ccc(C(C)(C)C)cc2)S(=O)(=O)NC12CCCCC2. The fourth-order valence-corrected chi connectivity index (χ4v) is 6.15.